The molecule has 0 unspecified atom stereocenters. The second-order valence-electron chi connectivity index (χ2n) is 7.04. The lowest BCUT2D eigenvalue weighted by Crippen LogP contribution is -2.35. The molecule has 130 valence electrons. The Labute approximate surface area is 153 Å². The summed E-state index contributed by atoms with van der Waals surface area (Å²) >= 11 is 3.43. The molecular weight excluding hydrogens is 386 g/mol. The SMILES string of the molecule is Cc1ccc(S(=O)(=O)NCC(C)(C)Cc2ccc(Br)cc2)cc1C. The van der Waals surface area contributed by atoms with Crippen molar-refractivity contribution in [3.63, 3.8) is 0 Å². The summed E-state index contributed by atoms with van der Waals surface area (Å²) in [6.07, 6.45) is 0.801. The number of nitrogens with one attached hydrogen (secondary N) is 1. The van der Waals surface area contributed by atoms with Crippen LogP contribution in [0.15, 0.2) is 51.8 Å². The van der Waals surface area contributed by atoms with E-state index in [9.17, 15) is 8.42 Å². The molecule has 1 N–H and O–H groups in total. The van der Waals surface area contributed by atoms with Gasteiger partial charge in [-0.05, 0) is 66.6 Å². The number of hydrogen-bond donors (Lipinski definition) is 1. The molecule has 24 heavy (non-hydrogen) atoms. The maximum Gasteiger partial charge on any atom is 0.240 e. The van der Waals surface area contributed by atoms with E-state index in [1.54, 1.807) is 12.1 Å². The van der Waals surface area contributed by atoms with Gasteiger partial charge in [-0.3, -0.25) is 0 Å². The Hall–Kier alpha value is -1.17. The normalized spacial score (nSPS) is 12.4. The van der Waals surface area contributed by atoms with Crippen molar-refractivity contribution in [2.24, 2.45) is 5.41 Å². The molecule has 2 aromatic rings. The van der Waals surface area contributed by atoms with Gasteiger partial charge in [-0.2, -0.15) is 0 Å². The van der Waals surface area contributed by atoms with Gasteiger partial charge in [0.1, 0.15) is 0 Å². The Bertz CT molecular complexity index is 812. The molecule has 0 fully saturated rings. The van der Waals surface area contributed by atoms with E-state index in [0.717, 1.165) is 22.0 Å². The molecule has 0 aromatic heterocycles. The van der Waals surface area contributed by atoms with Gasteiger partial charge in [0.05, 0.1) is 4.90 Å². The second kappa shape index (κ2) is 7.38. The summed E-state index contributed by atoms with van der Waals surface area (Å²) in [4.78, 5) is 0.324. The number of sulfonamides is 1. The zero-order chi connectivity index (χ0) is 18.0. The lowest BCUT2D eigenvalue weighted by molar-refractivity contribution is 0.361. The van der Waals surface area contributed by atoms with Gasteiger partial charge in [-0.15, -0.1) is 0 Å². The Morgan fingerprint density at radius 2 is 1.62 bits per heavy atom. The van der Waals surface area contributed by atoms with E-state index in [1.807, 2.05) is 32.0 Å². The van der Waals surface area contributed by atoms with Crippen LogP contribution in [0.3, 0.4) is 0 Å². The number of hydrogen-bond acceptors (Lipinski definition) is 2. The molecule has 2 rings (SSSR count). The average molecular weight is 410 g/mol. The average Bonchev–Trinajstić information content (AvgIpc) is 2.50. The van der Waals surface area contributed by atoms with Crippen molar-refractivity contribution in [1.29, 1.82) is 0 Å². The predicted octanol–water partition coefficient (Wildman–Crippen LogP) is 4.61. The molecule has 0 spiro atoms. The maximum atomic E-state index is 12.5. The molecule has 3 nitrogen and oxygen atoms in total. The van der Waals surface area contributed by atoms with Crippen LogP contribution in [-0.2, 0) is 16.4 Å². The first-order valence-corrected chi connectivity index (χ1v) is 10.2. The van der Waals surface area contributed by atoms with Gasteiger partial charge >= 0.3 is 0 Å². The number of rotatable bonds is 6. The van der Waals surface area contributed by atoms with Crippen molar-refractivity contribution in [3.05, 3.63) is 63.6 Å². The van der Waals surface area contributed by atoms with Crippen LogP contribution in [0.25, 0.3) is 0 Å². The van der Waals surface area contributed by atoms with Gasteiger partial charge in [-0.1, -0.05) is 48.0 Å². The van der Waals surface area contributed by atoms with Crippen LogP contribution in [0.5, 0.6) is 0 Å². The fourth-order valence-electron chi connectivity index (χ4n) is 2.47. The number of benzene rings is 2. The Kier molecular flexibility index (Phi) is 5.89. The predicted molar refractivity (Wildman–Crippen MR) is 103 cm³/mol. The molecule has 0 radical (unpaired) electrons. The summed E-state index contributed by atoms with van der Waals surface area (Å²) < 4.78 is 28.8. The largest absolute Gasteiger partial charge is 0.240 e. The minimum atomic E-state index is -3.49. The van der Waals surface area contributed by atoms with Crippen LogP contribution in [0.1, 0.15) is 30.5 Å². The molecule has 5 heteroatoms. The molecule has 0 amide bonds. The lowest BCUT2D eigenvalue weighted by Gasteiger charge is -2.25. The third-order valence-corrected chi connectivity index (χ3v) is 6.05. The summed E-state index contributed by atoms with van der Waals surface area (Å²) in [6, 6.07) is 13.4. The zero-order valence-corrected chi connectivity index (χ0v) is 17.0. The highest BCUT2D eigenvalue weighted by Crippen LogP contribution is 2.23. The number of halogens is 1. The third kappa shape index (κ3) is 5.16. The summed E-state index contributed by atoms with van der Waals surface area (Å²) in [5.41, 5.74) is 3.07. The highest BCUT2D eigenvalue weighted by Gasteiger charge is 2.23. The molecule has 0 bridgehead atoms. The third-order valence-electron chi connectivity index (χ3n) is 4.13. The molecule has 0 heterocycles. The smallest absolute Gasteiger partial charge is 0.211 e. The highest BCUT2D eigenvalue weighted by atomic mass is 79.9. The molecule has 0 aliphatic carbocycles. The van der Waals surface area contributed by atoms with Crippen molar-refractivity contribution < 1.29 is 8.42 Å². The van der Waals surface area contributed by atoms with Crippen molar-refractivity contribution in [2.45, 2.75) is 39.0 Å². The molecule has 0 aliphatic rings. The quantitative estimate of drug-likeness (QED) is 0.756. The minimum Gasteiger partial charge on any atom is -0.211 e. The molecule has 0 atom stereocenters. The van der Waals surface area contributed by atoms with Gasteiger partial charge in [0, 0.05) is 11.0 Å². The van der Waals surface area contributed by atoms with Crippen molar-refractivity contribution in [3.8, 4) is 0 Å². The van der Waals surface area contributed by atoms with Gasteiger partial charge in [0.2, 0.25) is 10.0 Å². The van der Waals surface area contributed by atoms with Crippen molar-refractivity contribution in [2.75, 3.05) is 6.54 Å². The fourth-order valence-corrected chi connectivity index (χ4v) is 4.06. The van der Waals surface area contributed by atoms with E-state index in [0.29, 0.717) is 11.4 Å². The highest BCUT2D eigenvalue weighted by molar-refractivity contribution is 9.10. The van der Waals surface area contributed by atoms with Gasteiger partial charge < -0.3 is 0 Å². The summed E-state index contributed by atoms with van der Waals surface area (Å²) in [5.74, 6) is 0. The summed E-state index contributed by atoms with van der Waals surface area (Å²) in [6.45, 7) is 8.42. The van der Waals surface area contributed by atoms with Crippen LogP contribution in [0.2, 0.25) is 0 Å². The Morgan fingerprint density at radius 1 is 1.00 bits per heavy atom. The van der Waals surface area contributed by atoms with Gasteiger partial charge in [0.15, 0.2) is 0 Å². The van der Waals surface area contributed by atoms with Crippen LogP contribution < -0.4 is 4.72 Å². The van der Waals surface area contributed by atoms with Gasteiger partial charge in [0.25, 0.3) is 0 Å². The summed E-state index contributed by atoms with van der Waals surface area (Å²) in [5, 5.41) is 0. The first kappa shape index (κ1) is 19.2. The topological polar surface area (TPSA) is 46.2 Å². The first-order valence-electron chi connectivity index (χ1n) is 7.90. The zero-order valence-electron chi connectivity index (χ0n) is 14.6. The van der Waals surface area contributed by atoms with E-state index >= 15 is 0 Å². The standard InChI is InChI=1S/C19H24BrNO2S/c1-14-5-10-18(11-15(14)2)24(22,23)21-13-19(3,4)12-16-6-8-17(20)9-7-16/h5-11,21H,12-13H2,1-4H3. The van der Waals surface area contributed by atoms with E-state index in [-0.39, 0.29) is 5.41 Å². The summed E-state index contributed by atoms with van der Waals surface area (Å²) in [7, 11) is -3.49. The van der Waals surface area contributed by atoms with E-state index in [4.69, 9.17) is 0 Å². The monoisotopic (exact) mass is 409 g/mol. The molecule has 0 saturated carbocycles. The molecule has 0 saturated heterocycles. The Morgan fingerprint density at radius 3 is 2.21 bits per heavy atom. The second-order valence-corrected chi connectivity index (χ2v) is 9.72. The molecule has 0 aliphatic heterocycles. The first-order chi connectivity index (χ1) is 11.1. The Balaban J connectivity index is 2.06. The van der Waals surface area contributed by atoms with Crippen LogP contribution >= 0.6 is 15.9 Å². The van der Waals surface area contributed by atoms with E-state index in [1.165, 1.54) is 5.56 Å². The van der Waals surface area contributed by atoms with Crippen LogP contribution in [0.4, 0.5) is 0 Å². The number of aryl methyl sites for hydroxylation is 2. The maximum absolute atomic E-state index is 12.5. The van der Waals surface area contributed by atoms with Crippen molar-refractivity contribution in [1.82, 2.24) is 4.72 Å². The van der Waals surface area contributed by atoms with Crippen LogP contribution in [-0.4, -0.2) is 15.0 Å². The van der Waals surface area contributed by atoms with E-state index < -0.39 is 10.0 Å². The van der Waals surface area contributed by atoms with E-state index in [2.05, 4.69) is 46.6 Å². The fraction of sp³-hybridized carbons (Fsp3) is 0.368. The lowest BCUT2D eigenvalue weighted by atomic mass is 9.86. The molecular formula is C19H24BrNO2S. The van der Waals surface area contributed by atoms with Crippen LogP contribution in [0, 0.1) is 19.3 Å². The minimum absolute atomic E-state index is 0.180. The van der Waals surface area contributed by atoms with Gasteiger partial charge in [-0.25, -0.2) is 13.1 Å². The van der Waals surface area contributed by atoms with Crippen molar-refractivity contribution >= 4 is 26.0 Å². The molecule has 2 aromatic carbocycles.